The van der Waals surface area contributed by atoms with Gasteiger partial charge in [-0.2, -0.15) is 5.26 Å². The number of aromatic nitrogens is 2. The van der Waals surface area contributed by atoms with E-state index < -0.39 is 5.41 Å². The lowest BCUT2D eigenvalue weighted by Gasteiger charge is -2.59. The smallest absolute Gasteiger partial charge is 0.319 e. The van der Waals surface area contributed by atoms with E-state index in [1.54, 1.807) is 7.11 Å². The Kier molecular flexibility index (Phi) is 8.62. The molecular weight excluding hydrogens is 679 g/mol. The zero-order valence-electron chi connectivity index (χ0n) is 32.4. The Labute approximate surface area is 317 Å². The van der Waals surface area contributed by atoms with Crippen LogP contribution in [0, 0.1) is 40.9 Å². The van der Waals surface area contributed by atoms with Crippen LogP contribution in [0.15, 0.2) is 36.4 Å². The second-order valence-corrected chi connectivity index (χ2v) is 16.9. The monoisotopic (exact) mass is 731 g/mol. The van der Waals surface area contributed by atoms with E-state index in [-0.39, 0.29) is 59.7 Å². The number of fused-ring (bicyclic) bond motifs is 9. The van der Waals surface area contributed by atoms with Crippen LogP contribution in [0.2, 0.25) is 0 Å². The third kappa shape index (κ3) is 4.76. The van der Waals surface area contributed by atoms with E-state index in [2.05, 4.69) is 83.1 Å². The lowest BCUT2D eigenvalue weighted by Crippen LogP contribution is -2.70. The minimum absolute atomic E-state index is 0.0109. The Morgan fingerprint density at radius 2 is 1.78 bits per heavy atom. The molecule has 10 heteroatoms. The van der Waals surface area contributed by atoms with Crippen molar-refractivity contribution in [1.82, 2.24) is 19.8 Å². The molecule has 3 saturated heterocycles. The molecule has 6 bridgehead atoms. The van der Waals surface area contributed by atoms with Gasteiger partial charge >= 0.3 is 11.9 Å². The summed E-state index contributed by atoms with van der Waals surface area (Å²) in [6.45, 7) is 6.09. The fourth-order valence-corrected chi connectivity index (χ4v) is 12.7. The van der Waals surface area contributed by atoms with E-state index in [1.807, 2.05) is 0 Å². The number of carbonyl (C=O) groups excluding carboxylic acids is 2. The lowest BCUT2D eigenvalue weighted by molar-refractivity contribution is -0.165. The molecule has 6 heterocycles. The highest BCUT2D eigenvalue weighted by Gasteiger charge is 2.65. The van der Waals surface area contributed by atoms with Crippen LogP contribution in [0.25, 0.3) is 21.8 Å². The van der Waals surface area contributed by atoms with Crippen molar-refractivity contribution >= 4 is 33.7 Å². The number of piperidine rings is 3. The first kappa shape index (κ1) is 35.4. The summed E-state index contributed by atoms with van der Waals surface area (Å²) >= 11 is 0. The zero-order chi connectivity index (χ0) is 37.6. The first-order valence-corrected chi connectivity index (χ1v) is 20.1. The summed E-state index contributed by atoms with van der Waals surface area (Å²) in [5.41, 5.74) is 6.72. The molecule has 1 saturated carbocycles. The molecule has 0 spiro atoms. The fourth-order valence-electron chi connectivity index (χ4n) is 12.7. The van der Waals surface area contributed by atoms with E-state index >= 15 is 0 Å². The van der Waals surface area contributed by atoms with Crippen LogP contribution in [0.4, 0.5) is 0 Å². The molecule has 4 aromatic rings. The molecule has 2 aromatic carbocycles. The first-order valence-electron chi connectivity index (χ1n) is 20.1. The van der Waals surface area contributed by atoms with E-state index in [0.717, 1.165) is 84.1 Å². The lowest BCUT2D eigenvalue weighted by atomic mass is 9.54. The van der Waals surface area contributed by atoms with Crippen molar-refractivity contribution in [1.29, 1.82) is 5.26 Å². The van der Waals surface area contributed by atoms with Crippen LogP contribution < -0.4 is 4.74 Å². The molecule has 11 atom stereocenters. The Morgan fingerprint density at radius 3 is 2.50 bits per heavy atom. The van der Waals surface area contributed by atoms with Crippen LogP contribution in [-0.2, 0) is 37.3 Å². The summed E-state index contributed by atoms with van der Waals surface area (Å²) in [7, 11) is 6.95. The molecule has 0 radical (unpaired) electrons. The quantitative estimate of drug-likeness (QED) is 0.217. The highest BCUT2D eigenvalue weighted by molar-refractivity contribution is 5.95. The number of methoxy groups -OCH3 is 3. The number of hydrogen-bond donors (Lipinski definition) is 2. The average molecular weight is 732 g/mol. The second kappa shape index (κ2) is 13.2. The van der Waals surface area contributed by atoms with Gasteiger partial charge in [0.05, 0.1) is 38.8 Å². The summed E-state index contributed by atoms with van der Waals surface area (Å²) in [4.78, 5) is 41.1. The molecule has 2 aromatic heterocycles. The summed E-state index contributed by atoms with van der Waals surface area (Å²) in [6.07, 6.45) is 5.62. The van der Waals surface area contributed by atoms with Gasteiger partial charge in [0.1, 0.15) is 17.2 Å². The predicted molar refractivity (Wildman–Crippen MR) is 206 cm³/mol. The molecule has 4 fully saturated rings. The molecule has 6 aliphatic rings. The van der Waals surface area contributed by atoms with Gasteiger partial charge in [0.2, 0.25) is 0 Å². The van der Waals surface area contributed by atoms with Crippen LogP contribution >= 0.6 is 0 Å². The van der Waals surface area contributed by atoms with Crippen molar-refractivity contribution in [3.05, 3.63) is 64.5 Å². The topological polar surface area (TPSA) is 124 Å². The molecule has 11 unspecified atom stereocenters. The van der Waals surface area contributed by atoms with Gasteiger partial charge < -0.3 is 29.1 Å². The molecule has 10 nitrogen and oxygen atoms in total. The van der Waals surface area contributed by atoms with E-state index in [9.17, 15) is 14.9 Å². The van der Waals surface area contributed by atoms with Crippen molar-refractivity contribution in [2.24, 2.45) is 29.6 Å². The summed E-state index contributed by atoms with van der Waals surface area (Å²) in [5, 5.41) is 12.7. The molecule has 10 rings (SSSR count). The molecular formula is C44H53N5O5. The third-order valence-corrected chi connectivity index (χ3v) is 14.9. The summed E-state index contributed by atoms with van der Waals surface area (Å²) < 4.78 is 17.7. The number of nitriles is 1. The molecule has 0 amide bonds. The van der Waals surface area contributed by atoms with Gasteiger partial charge in [-0.05, 0) is 92.1 Å². The van der Waals surface area contributed by atoms with Crippen molar-refractivity contribution in [3.63, 3.8) is 0 Å². The number of likely N-dealkylation sites (N-methyl/N-ethyl adjacent to an activating group) is 1. The van der Waals surface area contributed by atoms with Gasteiger partial charge in [-0.3, -0.25) is 14.5 Å². The number of nitrogens with zero attached hydrogens (tertiary/aromatic N) is 3. The molecule has 54 heavy (non-hydrogen) atoms. The number of benzene rings is 2. The molecule has 2 N–H and O–H groups in total. The van der Waals surface area contributed by atoms with Crippen LogP contribution in [0.5, 0.6) is 5.75 Å². The SMILES string of the molecule is CCC1CN(C)C2Cc3c([nH]c4ccccc34)C(c3c(OC)ccc4c5c([nH]c34)C3(C(=O)OC)CC4CC(CC)C3N(CC5)C4C#N)CC1C2C(=O)OC. The van der Waals surface area contributed by atoms with Gasteiger partial charge in [-0.15, -0.1) is 0 Å². The summed E-state index contributed by atoms with van der Waals surface area (Å²) in [5.74, 6) is 0.766. The van der Waals surface area contributed by atoms with Crippen LogP contribution in [0.3, 0.4) is 0 Å². The van der Waals surface area contributed by atoms with Crippen LogP contribution in [0.1, 0.15) is 79.9 Å². The zero-order valence-corrected chi connectivity index (χ0v) is 32.4. The molecule has 284 valence electrons. The van der Waals surface area contributed by atoms with Crippen molar-refractivity contribution in [3.8, 4) is 11.8 Å². The van der Waals surface area contributed by atoms with Gasteiger partial charge in [0.25, 0.3) is 0 Å². The highest BCUT2D eigenvalue weighted by Crippen LogP contribution is 2.58. The Bertz CT molecular complexity index is 2180. The Balaban J connectivity index is 1.31. The largest absolute Gasteiger partial charge is 0.496 e. The average Bonchev–Trinajstić information content (AvgIpc) is 3.72. The maximum Gasteiger partial charge on any atom is 0.319 e. The van der Waals surface area contributed by atoms with Crippen molar-refractivity contribution in [2.75, 3.05) is 41.5 Å². The number of H-pyrrole nitrogens is 2. The number of hydrogen-bond acceptors (Lipinski definition) is 8. The van der Waals surface area contributed by atoms with Crippen molar-refractivity contribution < 1.29 is 23.8 Å². The third-order valence-electron chi connectivity index (χ3n) is 14.9. The minimum atomic E-state index is -0.918. The Hall–Kier alpha value is -4.33. The first-order chi connectivity index (χ1) is 26.2. The number of nitrogens with one attached hydrogen (secondary N) is 2. The van der Waals surface area contributed by atoms with Gasteiger partial charge in [-0.25, -0.2) is 0 Å². The summed E-state index contributed by atoms with van der Waals surface area (Å²) in [6, 6.07) is 15.1. The maximum atomic E-state index is 14.5. The minimum Gasteiger partial charge on any atom is -0.496 e. The number of esters is 2. The number of aromatic amines is 2. The van der Waals surface area contributed by atoms with Gasteiger partial charge in [0, 0.05) is 64.3 Å². The van der Waals surface area contributed by atoms with Crippen LogP contribution in [-0.4, -0.2) is 91.3 Å². The normalized spacial score (nSPS) is 34.2. The number of carbonyl (C=O) groups is 2. The Morgan fingerprint density at radius 1 is 0.981 bits per heavy atom. The number of likely N-dealkylation sites (tertiary alicyclic amines) is 1. The molecule has 4 aliphatic heterocycles. The predicted octanol–water partition coefficient (Wildman–Crippen LogP) is 6.46. The number of para-hydroxylation sites is 1. The van der Waals surface area contributed by atoms with E-state index in [0.29, 0.717) is 18.9 Å². The van der Waals surface area contributed by atoms with Gasteiger partial charge in [-0.1, -0.05) is 44.9 Å². The standard InChI is InChI=1S/C44H53N5O5/c1-7-23-17-25-20-44(43(51)54-6)40-28(15-16-49(41(23)44)34(25)21-45)27-13-14-35(52-4)37(39(27)47-40)31-18-29-24(8-2)22-48(3)33(36(29)42(50)53-5)19-30-26-11-9-10-12-32(26)46-38(30)31/h9-14,23-25,29,31,33-34,36,41,46-47H,7-8,15-20,22H2,1-6H3. The maximum absolute atomic E-state index is 14.5. The van der Waals surface area contributed by atoms with Crippen molar-refractivity contribution in [2.45, 2.75) is 88.3 Å². The number of ether oxygens (including phenoxy) is 3. The highest BCUT2D eigenvalue weighted by atomic mass is 16.5. The fraction of sp³-hybridized carbons (Fsp3) is 0.568. The van der Waals surface area contributed by atoms with E-state index in [1.165, 1.54) is 30.9 Å². The second-order valence-electron chi connectivity index (χ2n) is 16.9. The molecule has 2 aliphatic carbocycles. The van der Waals surface area contributed by atoms with Gasteiger partial charge in [0.15, 0.2) is 0 Å². The number of rotatable bonds is 6. The van der Waals surface area contributed by atoms with E-state index in [4.69, 9.17) is 14.2 Å².